The van der Waals surface area contributed by atoms with Crippen molar-refractivity contribution < 1.29 is 26.7 Å². The second kappa shape index (κ2) is 8.20. The van der Waals surface area contributed by atoms with E-state index in [9.17, 15) is 22.0 Å². The molecule has 2 aromatic rings. The summed E-state index contributed by atoms with van der Waals surface area (Å²) in [5, 5.41) is 0. The molecule has 0 bridgehead atoms. The summed E-state index contributed by atoms with van der Waals surface area (Å²) < 4.78 is 68.8. The van der Waals surface area contributed by atoms with Gasteiger partial charge in [0.05, 0.1) is 0 Å². The van der Waals surface area contributed by atoms with Gasteiger partial charge in [-0.15, -0.1) is 13.2 Å². The summed E-state index contributed by atoms with van der Waals surface area (Å²) in [6, 6.07) is 7.58. The molecule has 0 heterocycles. The molecule has 3 atom stereocenters. The van der Waals surface area contributed by atoms with Crippen molar-refractivity contribution in [3.8, 4) is 16.9 Å². The van der Waals surface area contributed by atoms with Crippen molar-refractivity contribution >= 4 is 0 Å². The van der Waals surface area contributed by atoms with Gasteiger partial charge in [0.1, 0.15) is 0 Å². The number of benzene rings is 2. The first-order valence-electron chi connectivity index (χ1n) is 10.6. The van der Waals surface area contributed by atoms with Crippen molar-refractivity contribution in [2.45, 2.75) is 64.1 Å². The van der Waals surface area contributed by atoms with Gasteiger partial charge in [0.25, 0.3) is 0 Å². The SMILES string of the molecule is CCC[C@@H]1CC[C@@H]2c3ccc(-c4cc(F)c(OC(F)(F)F)c(F)c4)cc3CC[C@@H]2C1. The van der Waals surface area contributed by atoms with E-state index in [0.29, 0.717) is 17.4 Å². The third-order valence-corrected chi connectivity index (χ3v) is 6.66. The Labute approximate surface area is 173 Å². The molecule has 2 aliphatic carbocycles. The molecule has 0 radical (unpaired) electrons. The van der Waals surface area contributed by atoms with Crippen LogP contribution in [0.1, 0.15) is 62.5 Å². The lowest BCUT2D eigenvalue weighted by molar-refractivity contribution is -0.276. The maximum Gasteiger partial charge on any atom is 0.573 e. The maximum atomic E-state index is 14.1. The number of alkyl halides is 3. The molecule has 0 saturated heterocycles. The van der Waals surface area contributed by atoms with E-state index in [0.717, 1.165) is 30.9 Å². The molecule has 1 saturated carbocycles. The maximum absolute atomic E-state index is 14.1. The van der Waals surface area contributed by atoms with Crippen LogP contribution in [0.5, 0.6) is 5.75 Å². The van der Waals surface area contributed by atoms with E-state index in [-0.39, 0.29) is 5.56 Å². The zero-order valence-electron chi connectivity index (χ0n) is 16.9. The lowest BCUT2D eigenvalue weighted by Gasteiger charge is -2.40. The minimum Gasteiger partial charge on any atom is -0.399 e. The molecular weight excluding hydrogens is 399 g/mol. The Morgan fingerprint density at radius 3 is 2.37 bits per heavy atom. The molecule has 0 amide bonds. The van der Waals surface area contributed by atoms with Crippen LogP contribution in [0.25, 0.3) is 11.1 Å². The third kappa shape index (κ3) is 4.33. The van der Waals surface area contributed by atoms with E-state index in [1.54, 1.807) is 0 Å². The smallest absolute Gasteiger partial charge is 0.399 e. The van der Waals surface area contributed by atoms with Crippen LogP contribution in [-0.2, 0) is 6.42 Å². The van der Waals surface area contributed by atoms with Crippen LogP contribution in [0.15, 0.2) is 30.3 Å². The summed E-state index contributed by atoms with van der Waals surface area (Å²) in [4.78, 5) is 0. The highest BCUT2D eigenvalue weighted by molar-refractivity contribution is 5.66. The number of ether oxygens (including phenoxy) is 1. The van der Waals surface area contributed by atoms with Crippen LogP contribution >= 0.6 is 0 Å². The van der Waals surface area contributed by atoms with Gasteiger partial charge < -0.3 is 4.74 Å². The Balaban J connectivity index is 1.59. The van der Waals surface area contributed by atoms with E-state index in [1.807, 2.05) is 18.2 Å². The summed E-state index contributed by atoms with van der Waals surface area (Å²) in [5.74, 6) is -2.10. The Morgan fingerprint density at radius 2 is 1.70 bits per heavy atom. The van der Waals surface area contributed by atoms with Crippen LogP contribution in [0.4, 0.5) is 22.0 Å². The van der Waals surface area contributed by atoms with Crippen molar-refractivity contribution in [1.29, 1.82) is 0 Å². The molecule has 0 N–H and O–H groups in total. The molecule has 30 heavy (non-hydrogen) atoms. The largest absolute Gasteiger partial charge is 0.573 e. The monoisotopic (exact) mass is 424 g/mol. The summed E-state index contributed by atoms with van der Waals surface area (Å²) in [6.45, 7) is 2.23. The van der Waals surface area contributed by atoms with Crippen molar-refractivity contribution in [3.05, 3.63) is 53.1 Å². The van der Waals surface area contributed by atoms with E-state index in [1.165, 1.54) is 43.2 Å². The van der Waals surface area contributed by atoms with E-state index in [2.05, 4.69) is 11.7 Å². The van der Waals surface area contributed by atoms with Crippen molar-refractivity contribution in [3.63, 3.8) is 0 Å². The molecule has 0 unspecified atom stereocenters. The topological polar surface area (TPSA) is 9.23 Å². The Morgan fingerprint density at radius 1 is 0.967 bits per heavy atom. The van der Waals surface area contributed by atoms with Crippen LogP contribution in [0.3, 0.4) is 0 Å². The standard InChI is InChI=1S/C24H25F5O/c1-2-3-14-4-8-19-16(10-14)5-6-17-11-15(7-9-20(17)19)18-12-21(25)23(22(26)13-18)30-24(27,28)29/h7,9,11-14,16,19H,2-6,8,10H2,1H3/t14-,16-,19+/m1/s1. The van der Waals surface area contributed by atoms with Crippen LogP contribution < -0.4 is 4.74 Å². The molecule has 0 spiro atoms. The average molecular weight is 424 g/mol. The number of halogens is 5. The summed E-state index contributed by atoms with van der Waals surface area (Å²) in [7, 11) is 0. The lowest BCUT2D eigenvalue weighted by atomic mass is 9.64. The van der Waals surface area contributed by atoms with Gasteiger partial charge >= 0.3 is 6.36 Å². The third-order valence-electron chi connectivity index (χ3n) is 6.66. The first-order chi connectivity index (χ1) is 14.2. The number of hydrogen-bond acceptors (Lipinski definition) is 1. The first-order valence-corrected chi connectivity index (χ1v) is 10.6. The summed E-state index contributed by atoms with van der Waals surface area (Å²) in [6.07, 6.45) is 3.09. The molecule has 1 fully saturated rings. The van der Waals surface area contributed by atoms with Gasteiger partial charge in [-0.1, -0.05) is 38.0 Å². The highest BCUT2D eigenvalue weighted by atomic mass is 19.4. The molecule has 6 heteroatoms. The molecule has 1 nitrogen and oxygen atoms in total. The number of aryl methyl sites for hydroxylation is 1. The van der Waals surface area contributed by atoms with Gasteiger partial charge in [-0.25, -0.2) is 8.78 Å². The van der Waals surface area contributed by atoms with E-state index in [4.69, 9.17) is 0 Å². The van der Waals surface area contributed by atoms with Gasteiger partial charge in [0.2, 0.25) is 5.75 Å². The predicted molar refractivity (Wildman–Crippen MR) is 105 cm³/mol. The average Bonchev–Trinajstić information content (AvgIpc) is 2.69. The summed E-state index contributed by atoms with van der Waals surface area (Å²) >= 11 is 0. The fourth-order valence-corrected chi connectivity index (χ4v) is 5.40. The van der Waals surface area contributed by atoms with Crippen LogP contribution in [0, 0.1) is 23.5 Å². The van der Waals surface area contributed by atoms with Crippen molar-refractivity contribution in [1.82, 2.24) is 0 Å². The number of hydrogen-bond donors (Lipinski definition) is 0. The molecular formula is C24H25F5O. The van der Waals surface area contributed by atoms with Gasteiger partial charge in [-0.05, 0) is 84.2 Å². The molecule has 4 rings (SSSR count). The molecule has 162 valence electrons. The number of rotatable bonds is 4. The lowest BCUT2D eigenvalue weighted by Crippen LogP contribution is -2.28. The quantitative estimate of drug-likeness (QED) is 0.456. The molecule has 0 aromatic heterocycles. The highest BCUT2D eigenvalue weighted by Crippen LogP contribution is 2.48. The second-order valence-electron chi connectivity index (χ2n) is 8.60. The zero-order valence-corrected chi connectivity index (χ0v) is 16.9. The molecule has 2 aromatic carbocycles. The van der Waals surface area contributed by atoms with Gasteiger partial charge in [-0.3, -0.25) is 0 Å². The zero-order chi connectivity index (χ0) is 21.5. The van der Waals surface area contributed by atoms with Crippen molar-refractivity contribution in [2.75, 3.05) is 0 Å². The summed E-state index contributed by atoms with van der Waals surface area (Å²) in [5.41, 5.74) is 3.31. The molecule has 0 aliphatic heterocycles. The minimum absolute atomic E-state index is 0.205. The van der Waals surface area contributed by atoms with Crippen molar-refractivity contribution in [2.24, 2.45) is 11.8 Å². The van der Waals surface area contributed by atoms with Crippen LogP contribution in [-0.4, -0.2) is 6.36 Å². The van der Waals surface area contributed by atoms with Gasteiger partial charge in [0, 0.05) is 0 Å². The molecule has 2 aliphatic rings. The van der Waals surface area contributed by atoms with Gasteiger partial charge in [-0.2, -0.15) is 0 Å². The van der Waals surface area contributed by atoms with Gasteiger partial charge in [0.15, 0.2) is 11.6 Å². The highest BCUT2D eigenvalue weighted by Gasteiger charge is 2.36. The first kappa shape index (κ1) is 21.1. The fraction of sp³-hybridized carbons (Fsp3) is 0.500. The van der Waals surface area contributed by atoms with Crippen LogP contribution in [0.2, 0.25) is 0 Å². The van der Waals surface area contributed by atoms with E-state index < -0.39 is 23.7 Å². The fourth-order valence-electron chi connectivity index (χ4n) is 5.40. The van der Waals surface area contributed by atoms with E-state index >= 15 is 0 Å². The minimum atomic E-state index is -5.15. The Hall–Kier alpha value is -2.11. The second-order valence-corrected chi connectivity index (χ2v) is 8.60. The Bertz CT molecular complexity index is 897. The Kier molecular flexibility index (Phi) is 5.78. The number of fused-ring (bicyclic) bond motifs is 3. The normalized spacial score (nSPS) is 23.6. The predicted octanol–water partition coefficient (Wildman–Crippen LogP) is 7.78.